The minimum absolute atomic E-state index is 0.0417. The van der Waals surface area contributed by atoms with Gasteiger partial charge in [-0.1, -0.05) is 0 Å². The number of hydrogen-bond donors (Lipinski definition) is 3. The zero-order valence-corrected chi connectivity index (χ0v) is 19.0. The van der Waals surface area contributed by atoms with Crippen LogP contribution in [0.1, 0.15) is 39.0 Å². The maximum Gasteiger partial charge on any atom is 0.390 e. The summed E-state index contributed by atoms with van der Waals surface area (Å²) in [5.74, 6) is 0.297. The molecule has 1 saturated heterocycles. The van der Waals surface area contributed by atoms with Crippen LogP contribution in [-0.2, 0) is 14.8 Å². The smallest absolute Gasteiger partial charge is 0.377 e. The third kappa shape index (κ3) is 6.23. The average Bonchev–Trinajstić information content (AvgIpc) is 3.17. The highest BCUT2D eigenvalue weighted by atomic mass is 32.2. The third-order valence-electron chi connectivity index (χ3n) is 6.00. The first-order chi connectivity index (χ1) is 15.6. The fraction of sp³-hybridized carbons (Fsp3) is 0.737. The molecule has 0 aromatic carbocycles. The number of alkyl halides is 3. The van der Waals surface area contributed by atoms with Crippen LogP contribution in [0.15, 0.2) is 6.20 Å². The maximum atomic E-state index is 12.3. The van der Waals surface area contributed by atoms with Crippen LogP contribution in [0, 0.1) is 0 Å². The first kappa shape index (κ1) is 24.0. The van der Waals surface area contributed by atoms with Crippen LogP contribution in [0.25, 0.3) is 11.0 Å². The molecule has 10 nitrogen and oxygen atoms in total. The number of aromatic amines is 1. The Hall–Kier alpha value is -2.19. The number of H-pyrrole nitrogens is 1. The van der Waals surface area contributed by atoms with Crippen LogP contribution < -0.4 is 14.9 Å². The van der Waals surface area contributed by atoms with Crippen LogP contribution in [-0.4, -0.2) is 78.4 Å². The molecule has 1 saturated carbocycles. The van der Waals surface area contributed by atoms with E-state index in [1.54, 1.807) is 6.20 Å². The molecule has 1 aliphatic heterocycles. The lowest BCUT2D eigenvalue weighted by Crippen LogP contribution is -2.44. The molecule has 184 valence electrons. The molecular weight excluding hydrogens is 463 g/mol. The van der Waals surface area contributed by atoms with E-state index in [4.69, 9.17) is 4.74 Å². The number of halogens is 3. The SMILES string of the molecule is CC1COCCN1c1n[nH]c2nc(NC3CCC(NS(=O)(=O)CCC(F)(F)F)CC3)ncc12. The van der Waals surface area contributed by atoms with Gasteiger partial charge in [-0.25, -0.2) is 18.1 Å². The molecule has 0 radical (unpaired) electrons. The number of aromatic nitrogens is 4. The molecule has 1 aliphatic carbocycles. The average molecular weight is 492 g/mol. The van der Waals surface area contributed by atoms with E-state index < -0.39 is 28.4 Å². The summed E-state index contributed by atoms with van der Waals surface area (Å²) in [5.41, 5.74) is 0.618. The Morgan fingerprint density at radius 3 is 2.67 bits per heavy atom. The van der Waals surface area contributed by atoms with Crippen molar-refractivity contribution in [3.63, 3.8) is 0 Å². The van der Waals surface area contributed by atoms with E-state index in [1.165, 1.54) is 0 Å². The number of nitrogens with one attached hydrogen (secondary N) is 3. The molecule has 2 aromatic rings. The van der Waals surface area contributed by atoms with Crippen molar-refractivity contribution < 1.29 is 26.3 Å². The molecule has 0 spiro atoms. The summed E-state index contributed by atoms with van der Waals surface area (Å²) in [6.45, 7) is 4.09. The van der Waals surface area contributed by atoms with Gasteiger partial charge in [0.2, 0.25) is 16.0 Å². The molecule has 33 heavy (non-hydrogen) atoms. The van der Waals surface area contributed by atoms with Gasteiger partial charge >= 0.3 is 6.18 Å². The third-order valence-corrected chi connectivity index (χ3v) is 7.43. The predicted molar refractivity (Wildman–Crippen MR) is 117 cm³/mol. The fourth-order valence-electron chi connectivity index (χ4n) is 4.23. The van der Waals surface area contributed by atoms with E-state index in [1.807, 2.05) is 0 Å². The van der Waals surface area contributed by atoms with Crippen molar-refractivity contribution in [2.24, 2.45) is 0 Å². The molecule has 4 rings (SSSR count). The van der Waals surface area contributed by atoms with Crippen molar-refractivity contribution in [3.05, 3.63) is 6.20 Å². The minimum atomic E-state index is -4.49. The number of morpholine rings is 1. The summed E-state index contributed by atoms with van der Waals surface area (Å²) in [7, 11) is -3.96. The molecule has 0 bridgehead atoms. The molecule has 2 aliphatic rings. The lowest BCUT2D eigenvalue weighted by Gasteiger charge is -2.33. The Balaban J connectivity index is 1.31. The Bertz CT molecular complexity index is 1050. The van der Waals surface area contributed by atoms with Gasteiger partial charge in [-0.15, -0.1) is 0 Å². The van der Waals surface area contributed by atoms with Crippen molar-refractivity contribution in [2.45, 2.75) is 63.3 Å². The van der Waals surface area contributed by atoms with E-state index in [-0.39, 0.29) is 18.1 Å². The van der Waals surface area contributed by atoms with Crippen molar-refractivity contribution in [3.8, 4) is 0 Å². The lowest BCUT2D eigenvalue weighted by molar-refractivity contribution is -0.130. The second-order valence-corrected chi connectivity index (χ2v) is 10.5. The predicted octanol–water partition coefficient (Wildman–Crippen LogP) is 2.17. The molecule has 3 heterocycles. The van der Waals surface area contributed by atoms with Gasteiger partial charge in [-0.05, 0) is 32.6 Å². The summed E-state index contributed by atoms with van der Waals surface area (Å²) >= 11 is 0. The summed E-state index contributed by atoms with van der Waals surface area (Å²) in [6, 6.07) is -0.125. The van der Waals surface area contributed by atoms with Gasteiger partial charge in [0.05, 0.1) is 36.8 Å². The maximum absolute atomic E-state index is 12.3. The summed E-state index contributed by atoms with van der Waals surface area (Å²) in [4.78, 5) is 11.1. The molecule has 1 unspecified atom stereocenters. The van der Waals surface area contributed by atoms with E-state index in [2.05, 4.69) is 42.0 Å². The van der Waals surface area contributed by atoms with E-state index in [9.17, 15) is 21.6 Å². The van der Waals surface area contributed by atoms with E-state index in [0.29, 0.717) is 50.5 Å². The Morgan fingerprint density at radius 2 is 1.97 bits per heavy atom. The number of nitrogens with zero attached hydrogens (tertiary/aromatic N) is 4. The number of hydrogen-bond acceptors (Lipinski definition) is 8. The fourth-order valence-corrected chi connectivity index (χ4v) is 5.59. The Kier molecular flexibility index (Phi) is 6.96. The number of rotatable bonds is 7. The van der Waals surface area contributed by atoms with Crippen LogP contribution in [0.2, 0.25) is 0 Å². The largest absolute Gasteiger partial charge is 0.390 e. The lowest BCUT2D eigenvalue weighted by atomic mass is 9.92. The second-order valence-electron chi connectivity index (χ2n) is 8.62. The Morgan fingerprint density at radius 1 is 1.24 bits per heavy atom. The van der Waals surface area contributed by atoms with Crippen molar-refractivity contribution in [2.75, 3.05) is 35.7 Å². The summed E-state index contributed by atoms with van der Waals surface area (Å²) in [5, 5.41) is 11.5. The molecule has 1 atom stereocenters. The topological polar surface area (TPSA) is 125 Å². The van der Waals surface area contributed by atoms with Crippen molar-refractivity contribution in [1.82, 2.24) is 24.9 Å². The van der Waals surface area contributed by atoms with Gasteiger partial charge in [0.25, 0.3) is 0 Å². The highest BCUT2D eigenvalue weighted by Crippen LogP contribution is 2.27. The van der Waals surface area contributed by atoms with Gasteiger partial charge in [-0.2, -0.15) is 23.3 Å². The highest BCUT2D eigenvalue weighted by molar-refractivity contribution is 7.89. The van der Waals surface area contributed by atoms with E-state index >= 15 is 0 Å². The van der Waals surface area contributed by atoms with Crippen LogP contribution in [0.5, 0.6) is 0 Å². The number of fused-ring (bicyclic) bond motifs is 1. The number of ether oxygens (including phenoxy) is 1. The first-order valence-corrected chi connectivity index (χ1v) is 12.6. The Labute approximate surface area is 189 Å². The highest BCUT2D eigenvalue weighted by Gasteiger charge is 2.32. The quantitative estimate of drug-likeness (QED) is 0.538. The molecule has 2 aromatic heterocycles. The molecule has 0 amide bonds. The number of sulfonamides is 1. The zero-order valence-electron chi connectivity index (χ0n) is 18.2. The van der Waals surface area contributed by atoms with Crippen LogP contribution in [0.4, 0.5) is 24.9 Å². The molecule has 3 N–H and O–H groups in total. The number of anilines is 2. The zero-order chi connectivity index (χ0) is 23.6. The second kappa shape index (κ2) is 9.58. The monoisotopic (exact) mass is 491 g/mol. The van der Waals surface area contributed by atoms with Gasteiger partial charge in [-0.3, -0.25) is 5.10 Å². The summed E-state index contributed by atoms with van der Waals surface area (Å²) < 4.78 is 68.6. The van der Waals surface area contributed by atoms with Crippen LogP contribution >= 0.6 is 0 Å². The minimum Gasteiger partial charge on any atom is -0.377 e. The van der Waals surface area contributed by atoms with Gasteiger partial charge in [0, 0.05) is 24.8 Å². The van der Waals surface area contributed by atoms with Gasteiger partial charge < -0.3 is 15.0 Å². The standard InChI is InChI=1S/C19H28F3N7O3S/c1-12-11-32-8-7-29(12)17-15-10-23-18(25-16(15)26-27-17)24-13-2-4-14(5-3-13)28-33(30,31)9-6-19(20,21)22/h10,12-14,28H,2-9,11H2,1H3,(H2,23,24,25,26,27). The normalized spacial score (nSPS) is 24.8. The van der Waals surface area contributed by atoms with Crippen molar-refractivity contribution in [1.29, 1.82) is 0 Å². The molecular formula is C19H28F3N7O3S. The molecule has 14 heteroatoms. The van der Waals surface area contributed by atoms with Crippen LogP contribution in [0.3, 0.4) is 0 Å². The van der Waals surface area contributed by atoms with Gasteiger partial charge in [0.1, 0.15) is 0 Å². The van der Waals surface area contributed by atoms with E-state index in [0.717, 1.165) is 17.7 Å². The van der Waals surface area contributed by atoms with Gasteiger partial charge in [0.15, 0.2) is 11.5 Å². The molecule has 2 fully saturated rings. The van der Waals surface area contributed by atoms with Crippen molar-refractivity contribution >= 4 is 32.8 Å². The first-order valence-electron chi connectivity index (χ1n) is 11.0. The summed E-state index contributed by atoms with van der Waals surface area (Å²) in [6.07, 6.45) is -1.78.